The molecular formula is C11H10BrNO. The van der Waals surface area contributed by atoms with Crippen molar-refractivity contribution < 1.29 is 4.52 Å². The molecule has 0 bridgehead atoms. The van der Waals surface area contributed by atoms with E-state index in [1.54, 1.807) is 6.20 Å². The Kier molecular flexibility index (Phi) is 2.68. The molecule has 0 fully saturated rings. The molecule has 1 aromatic heterocycles. The van der Waals surface area contributed by atoms with Crippen LogP contribution in [0.1, 0.15) is 12.5 Å². The number of aromatic nitrogens is 1. The van der Waals surface area contributed by atoms with Gasteiger partial charge in [0, 0.05) is 0 Å². The van der Waals surface area contributed by atoms with Crippen LogP contribution in [-0.2, 0) is 6.42 Å². The van der Waals surface area contributed by atoms with Gasteiger partial charge in [0.15, 0.2) is 0 Å². The Hall–Kier alpha value is -1.09. The van der Waals surface area contributed by atoms with Crippen molar-refractivity contribution in [3.63, 3.8) is 0 Å². The van der Waals surface area contributed by atoms with E-state index in [9.17, 15) is 0 Å². The molecule has 0 N–H and O–H groups in total. The van der Waals surface area contributed by atoms with Gasteiger partial charge in [-0.2, -0.15) is 0 Å². The molecule has 0 saturated heterocycles. The molecular weight excluding hydrogens is 242 g/mol. The van der Waals surface area contributed by atoms with Crippen molar-refractivity contribution in [3.8, 4) is 11.1 Å². The molecule has 0 unspecified atom stereocenters. The number of benzene rings is 1. The fourth-order valence-corrected chi connectivity index (χ4v) is 1.75. The van der Waals surface area contributed by atoms with Crippen LogP contribution in [0, 0.1) is 0 Å². The Labute approximate surface area is 91.1 Å². The number of rotatable bonds is 2. The van der Waals surface area contributed by atoms with Gasteiger partial charge in [0.05, 0.1) is 11.8 Å². The zero-order chi connectivity index (χ0) is 9.97. The molecule has 2 nitrogen and oxygen atoms in total. The zero-order valence-electron chi connectivity index (χ0n) is 7.83. The van der Waals surface area contributed by atoms with Crippen molar-refractivity contribution in [1.82, 2.24) is 5.16 Å². The van der Waals surface area contributed by atoms with E-state index in [0.29, 0.717) is 4.67 Å². The largest absolute Gasteiger partial charge is 0.349 e. The standard InChI is InChI=1S/C11H10BrNO/c1-2-8-3-5-9(6-4-8)10-7-13-14-11(10)12/h3-7H,2H2,1H3. The second-order valence-electron chi connectivity index (χ2n) is 3.06. The number of hydrogen-bond acceptors (Lipinski definition) is 2. The Bertz CT molecular complexity index is 419. The van der Waals surface area contributed by atoms with Gasteiger partial charge in [0.2, 0.25) is 4.67 Å². The van der Waals surface area contributed by atoms with Gasteiger partial charge in [-0.05, 0) is 33.5 Å². The predicted molar refractivity (Wildman–Crippen MR) is 59.0 cm³/mol. The third-order valence-corrected chi connectivity index (χ3v) is 2.77. The maximum absolute atomic E-state index is 4.94. The highest BCUT2D eigenvalue weighted by Crippen LogP contribution is 2.27. The molecule has 72 valence electrons. The third kappa shape index (κ3) is 1.73. The van der Waals surface area contributed by atoms with E-state index < -0.39 is 0 Å². The van der Waals surface area contributed by atoms with Gasteiger partial charge in [-0.25, -0.2) is 0 Å². The highest BCUT2D eigenvalue weighted by molar-refractivity contribution is 9.10. The van der Waals surface area contributed by atoms with Crippen molar-refractivity contribution in [1.29, 1.82) is 0 Å². The van der Waals surface area contributed by atoms with Crippen LogP contribution in [-0.4, -0.2) is 5.16 Å². The minimum Gasteiger partial charge on any atom is -0.349 e. The van der Waals surface area contributed by atoms with E-state index in [0.717, 1.165) is 17.5 Å². The van der Waals surface area contributed by atoms with Gasteiger partial charge in [-0.3, -0.25) is 0 Å². The molecule has 0 spiro atoms. The topological polar surface area (TPSA) is 26.0 Å². The average molecular weight is 252 g/mol. The van der Waals surface area contributed by atoms with Crippen LogP contribution >= 0.6 is 15.9 Å². The van der Waals surface area contributed by atoms with Crippen LogP contribution in [0.3, 0.4) is 0 Å². The first-order valence-electron chi connectivity index (χ1n) is 4.50. The van der Waals surface area contributed by atoms with E-state index in [1.807, 2.05) is 0 Å². The van der Waals surface area contributed by atoms with Gasteiger partial charge >= 0.3 is 0 Å². The lowest BCUT2D eigenvalue weighted by Gasteiger charge is -1.99. The molecule has 14 heavy (non-hydrogen) atoms. The van der Waals surface area contributed by atoms with Crippen molar-refractivity contribution in [3.05, 3.63) is 40.7 Å². The molecule has 3 heteroatoms. The number of hydrogen-bond donors (Lipinski definition) is 0. The van der Waals surface area contributed by atoms with E-state index in [4.69, 9.17) is 4.52 Å². The zero-order valence-corrected chi connectivity index (χ0v) is 9.41. The van der Waals surface area contributed by atoms with Gasteiger partial charge in [-0.15, -0.1) is 0 Å². The number of nitrogens with zero attached hydrogens (tertiary/aromatic N) is 1. The highest BCUT2D eigenvalue weighted by Gasteiger charge is 2.06. The van der Waals surface area contributed by atoms with Crippen LogP contribution in [0.5, 0.6) is 0 Å². The summed E-state index contributed by atoms with van der Waals surface area (Å²) in [5.41, 5.74) is 3.45. The Morgan fingerprint density at radius 2 is 2.00 bits per heavy atom. The van der Waals surface area contributed by atoms with E-state index in [-0.39, 0.29) is 0 Å². The van der Waals surface area contributed by atoms with Gasteiger partial charge in [0.25, 0.3) is 0 Å². The lowest BCUT2D eigenvalue weighted by Crippen LogP contribution is -1.80. The van der Waals surface area contributed by atoms with Gasteiger partial charge in [0.1, 0.15) is 0 Å². The summed E-state index contributed by atoms with van der Waals surface area (Å²) in [5, 5.41) is 3.72. The molecule has 1 heterocycles. The Morgan fingerprint density at radius 3 is 2.50 bits per heavy atom. The summed E-state index contributed by atoms with van der Waals surface area (Å²) < 4.78 is 5.62. The molecule has 0 aliphatic carbocycles. The number of aryl methyl sites for hydroxylation is 1. The number of halogens is 1. The summed E-state index contributed by atoms with van der Waals surface area (Å²) in [4.78, 5) is 0. The SMILES string of the molecule is CCc1ccc(-c2cnoc2Br)cc1. The molecule has 0 saturated carbocycles. The smallest absolute Gasteiger partial charge is 0.209 e. The van der Waals surface area contributed by atoms with Crippen LogP contribution in [0.15, 0.2) is 39.7 Å². The highest BCUT2D eigenvalue weighted by atomic mass is 79.9. The monoisotopic (exact) mass is 251 g/mol. The summed E-state index contributed by atoms with van der Waals surface area (Å²) >= 11 is 3.31. The van der Waals surface area contributed by atoms with Gasteiger partial charge < -0.3 is 4.52 Å². The molecule has 0 aliphatic heterocycles. The molecule has 2 rings (SSSR count). The molecule has 0 aliphatic rings. The summed E-state index contributed by atoms with van der Waals surface area (Å²) in [5.74, 6) is 0. The Morgan fingerprint density at radius 1 is 1.29 bits per heavy atom. The average Bonchev–Trinajstić information content (AvgIpc) is 2.65. The van der Waals surface area contributed by atoms with Crippen molar-refractivity contribution >= 4 is 15.9 Å². The molecule has 0 atom stereocenters. The second kappa shape index (κ2) is 3.96. The molecule has 1 aromatic carbocycles. The minimum atomic E-state index is 0.682. The first kappa shape index (κ1) is 9.46. The second-order valence-corrected chi connectivity index (χ2v) is 3.78. The summed E-state index contributed by atoms with van der Waals surface area (Å²) in [7, 11) is 0. The third-order valence-electron chi connectivity index (χ3n) is 2.20. The van der Waals surface area contributed by atoms with Crippen LogP contribution in [0.25, 0.3) is 11.1 Å². The normalized spacial score (nSPS) is 10.4. The van der Waals surface area contributed by atoms with Crippen molar-refractivity contribution in [2.24, 2.45) is 0 Å². The van der Waals surface area contributed by atoms with Crippen molar-refractivity contribution in [2.45, 2.75) is 13.3 Å². The lowest BCUT2D eigenvalue weighted by molar-refractivity contribution is 0.400. The minimum absolute atomic E-state index is 0.682. The van der Waals surface area contributed by atoms with Crippen LogP contribution < -0.4 is 0 Å². The quantitative estimate of drug-likeness (QED) is 0.815. The lowest BCUT2D eigenvalue weighted by atomic mass is 10.1. The fourth-order valence-electron chi connectivity index (χ4n) is 1.33. The van der Waals surface area contributed by atoms with Crippen LogP contribution in [0.4, 0.5) is 0 Å². The molecule has 0 amide bonds. The van der Waals surface area contributed by atoms with Crippen molar-refractivity contribution in [2.75, 3.05) is 0 Å². The molecule has 2 aromatic rings. The maximum Gasteiger partial charge on any atom is 0.209 e. The first-order valence-corrected chi connectivity index (χ1v) is 5.30. The van der Waals surface area contributed by atoms with E-state index in [2.05, 4.69) is 52.3 Å². The van der Waals surface area contributed by atoms with E-state index >= 15 is 0 Å². The summed E-state index contributed by atoms with van der Waals surface area (Å²) in [6, 6.07) is 8.40. The van der Waals surface area contributed by atoms with Crippen LogP contribution in [0.2, 0.25) is 0 Å². The Balaban J connectivity index is 2.39. The fraction of sp³-hybridized carbons (Fsp3) is 0.182. The summed E-state index contributed by atoms with van der Waals surface area (Å²) in [6.45, 7) is 2.14. The first-order chi connectivity index (χ1) is 6.81. The summed E-state index contributed by atoms with van der Waals surface area (Å²) in [6.07, 6.45) is 2.77. The maximum atomic E-state index is 4.94. The molecule has 0 radical (unpaired) electrons. The predicted octanol–water partition coefficient (Wildman–Crippen LogP) is 3.67. The van der Waals surface area contributed by atoms with Gasteiger partial charge in [-0.1, -0.05) is 36.3 Å². The van der Waals surface area contributed by atoms with E-state index in [1.165, 1.54) is 5.56 Å².